The third kappa shape index (κ3) is 3.64. The van der Waals surface area contributed by atoms with Crippen LogP contribution in [0, 0.1) is 3.57 Å². The first-order valence-electron chi connectivity index (χ1n) is 5.65. The molecule has 19 heavy (non-hydrogen) atoms. The summed E-state index contributed by atoms with van der Waals surface area (Å²) in [4.78, 5) is 23.0. The number of ketones is 1. The lowest BCUT2D eigenvalue weighted by atomic mass is 10.0. The first-order chi connectivity index (χ1) is 9.06. The second-order valence-electron chi connectivity index (χ2n) is 3.96. The van der Waals surface area contributed by atoms with Gasteiger partial charge in [-0.05, 0) is 59.0 Å². The average Bonchev–Trinajstić information content (AvgIpc) is 2.38. The fraction of sp³-hybridized carbons (Fsp3) is 0.0667. The predicted molar refractivity (Wildman–Crippen MR) is 80.3 cm³/mol. The van der Waals surface area contributed by atoms with Crippen LogP contribution in [0.25, 0.3) is 0 Å². The molecule has 0 heterocycles. The second-order valence-corrected chi connectivity index (χ2v) is 5.20. The Morgan fingerprint density at radius 1 is 1.00 bits per heavy atom. The van der Waals surface area contributed by atoms with E-state index in [-0.39, 0.29) is 11.8 Å². The highest BCUT2D eigenvalue weighted by atomic mass is 127. The van der Waals surface area contributed by atoms with E-state index in [2.05, 4.69) is 22.6 Å². The Bertz CT molecular complexity index is 618. The van der Waals surface area contributed by atoms with Crippen molar-refractivity contribution < 1.29 is 14.3 Å². The minimum absolute atomic E-state index is 0.0482. The molecule has 0 N–H and O–H groups in total. The monoisotopic (exact) mass is 366 g/mol. The van der Waals surface area contributed by atoms with Gasteiger partial charge < -0.3 is 4.74 Å². The molecule has 96 valence electrons. The van der Waals surface area contributed by atoms with Crippen LogP contribution in [0.5, 0.6) is 5.75 Å². The van der Waals surface area contributed by atoms with Crippen LogP contribution in [0.15, 0.2) is 48.5 Å². The van der Waals surface area contributed by atoms with E-state index in [1.807, 2.05) is 18.2 Å². The fourth-order valence-corrected chi connectivity index (χ4v) is 2.18. The molecule has 0 aromatic heterocycles. The molecular formula is C15H11IO3. The number of hydrogen-bond acceptors (Lipinski definition) is 3. The molecule has 0 aliphatic heterocycles. The van der Waals surface area contributed by atoms with Crippen molar-refractivity contribution in [1.82, 2.24) is 0 Å². The van der Waals surface area contributed by atoms with Crippen molar-refractivity contribution in [3.05, 3.63) is 63.2 Å². The summed E-state index contributed by atoms with van der Waals surface area (Å²) in [5, 5.41) is 0. The molecule has 0 aliphatic carbocycles. The summed E-state index contributed by atoms with van der Waals surface area (Å²) in [6.45, 7) is 1.34. The van der Waals surface area contributed by atoms with Gasteiger partial charge in [0.2, 0.25) is 0 Å². The molecule has 0 atom stereocenters. The fourth-order valence-electron chi connectivity index (χ4n) is 1.64. The first kappa shape index (κ1) is 13.7. The molecule has 3 nitrogen and oxygen atoms in total. The average molecular weight is 366 g/mol. The van der Waals surface area contributed by atoms with Gasteiger partial charge in [-0.1, -0.05) is 12.1 Å². The van der Waals surface area contributed by atoms with E-state index in [0.717, 1.165) is 3.57 Å². The van der Waals surface area contributed by atoms with Crippen LogP contribution in [0.3, 0.4) is 0 Å². The van der Waals surface area contributed by atoms with Crippen molar-refractivity contribution in [2.24, 2.45) is 0 Å². The number of halogens is 1. The summed E-state index contributed by atoms with van der Waals surface area (Å²) in [7, 11) is 0. The Balaban J connectivity index is 2.22. The van der Waals surface area contributed by atoms with E-state index >= 15 is 0 Å². The summed E-state index contributed by atoms with van der Waals surface area (Å²) in [6.07, 6.45) is 0. The lowest BCUT2D eigenvalue weighted by Gasteiger charge is -2.04. The van der Waals surface area contributed by atoms with Gasteiger partial charge in [0.25, 0.3) is 0 Å². The molecule has 0 fully saturated rings. The van der Waals surface area contributed by atoms with E-state index in [9.17, 15) is 9.59 Å². The van der Waals surface area contributed by atoms with Crippen LogP contribution in [-0.4, -0.2) is 11.8 Å². The van der Waals surface area contributed by atoms with Gasteiger partial charge in [0.1, 0.15) is 5.75 Å². The molecule has 0 radical (unpaired) electrons. The van der Waals surface area contributed by atoms with Crippen LogP contribution in [-0.2, 0) is 4.79 Å². The van der Waals surface area contributed by atoms with E-state index in [4.69, 9.17) is 4.74 Å². The number of ether oxygens (including phenoxy) is 1. The molecular weight excluding hydrogens is 355 g/mol. The molecule has 4 heteroatoms. The molecule has 0 saturated heterocycles. The van der Waals surface area contributed by atoms with Crippen molar-refractivity contribution in [3.63, 3.8) is 0 Å². The van der Waals surface area contributed by atoms with Crippen LogP contribution in [0.2, 0.25) is 0 Å². The molecule has 0 unspecified atom stereocenters. The highest BCUT2D eigenvalue weighted by molar-refractivity contribution is 14.1. The van der Waals surface area contributed by atoms with Crippen LogP contribution in [0.1, 0.15) is 22.8 Å². The smallest absolute Gasteiger partial charge is 0.308 e. The third-order valence-corrected chi connectivity index (χ3v) is 3.14. The van der Waals surface area contributed by atoms with Crippen molar-refractivity contribution in [1.29, 1.82) is 0 Å². The third-order valence-electron chi connectivity index (χ3n) is 2.46. The quantitative estimate of drug-likeness (QED) is 0.362. The van der Waals surface area contributed by atoms with Crippen LogP contribution < -0.4 is 4.74 Å². The Morgan fingerprint density at radius 3 is 2.26 bits per heavy atom. The maximum absolute atomic E-state index is 12.2. The molecule has 0 bridgehead atoms. The molecule has 0 aliphatic rings. The zero-order chi connectivity index (χ0) is 13.8. The minimum atomic E-state index is -0.378. The summed E-state index contributed by atoms with van der Waals surface area (Å²) in [5.41, 5.74) is 1.21. The van der Waals surface area contributed by atoms with Gasteiger partial charge in [-0.2, -0.15) is 0 Å². The Hall–Kier alpha value is -1.69. The zero-order valence-corrected chi connectivity index (χ0v) is 12.4. The first-order valence-corrected chi connectivity index (χ1v) is 6.73. The highest BCUT2D eigenvalue weighted by Crippen LogP contribution is 2.17. The van der Waals surface area contributed by atoms with E-state index < -0.39 is 0 Å². The van der Waals surface area contributed by atoms with Gasteiger partial charge in [-0.25, -0.2) is 0 Å². The molecule has 2 aromatic carbocycles. The Kier molecular flexibility index (Phi) is 4.31. The molecule has 0 spiro atoms. The minimum Gasteiger partial charge on any atom is -0.427 e. The molecule has 2 rings (SSSR count). The molecule has 0 saturated carbocycles. The van der Waals surface area contributed by atoms with Gasteiger partial charge in [0, 0.05) is 21.6 Å². The summed E-state index contributed by atoms with van der Waals surface area (Å²) in [6, 6.07) is 13.9. The normalized spacial score (nSPS) is 10.0. The molecule has 2 aromatic rings. The maximum atomic E-state index is 12.2. The summed E-state index contributed by atoms with van der Waals surface area (Å²) >= 11 is 2.17. The van der Waals surface area contributed by atoms with Gasteiger partial charge in [-0.3, -0.25) is 9.59 Å². The second kappa shape index (κ2) is 5.97. The van der Waals surface area contributed by atoms with Crippen molar-refractivity contribution in [2.45, 2.75) is 6.92 Å². The van der Waals surface area contributed by atoms with Gasteiger partial charge in [0.05, 0.1) is 0 Å². The number of rotatable bonds is 3. The van der Waals surface area contributed by atoms with Crippen LogP contribution >= 0.6 is 22.6 Å². The lowest BCUT2D eigenvalue weighted by Crippen LogP contribution is -2.03. The SMILES string of the molecule is CC(=O)Oc1ccc(C(=O)c2cccc(I)c2)cc1. The molecule has 0 amide bonds. The van der Waals surface area contributed by atoms with Crippen molar-refractivity contribution >= 4 is 34.3 Å². The Morgan fingerprint density at radius 2 is 1.68 bits per heavy atom. The van der Waals surface area contributed by atoms with E-state index in [0.29, 0.717) is 16.9 Å². The number of benzene rings is 2. The van der Waals surface area contributed by atoms with E-state index in [1.165, 1.54) is 6.92 Å². The zero-order valence-electron chi connectivity index (χ0n) is 10.2. The number of carbonyl (C=O) groups is 2. The topological polar surface area (TPSA) is 43.4 Å². The predicted octanol–water partition coefficient (Wildman–Crippen LogP) is 3.45. The number of carbonyl (C=O) groups excluding carboxylic acids is 2. The van der Waals surface area contributed by atoms with Crippen LogP contribution in [0.4, 0.5) is 0 Å². The van der Waals surface area contributed by atoms with Crippen molar-refractivity contribution in [3.8, 4) is 5.75 Å². The number of esters is 1. The van der Waals surface area contributed by atoms with Crippen molar-refractivity contribution in [2.75, 3.05) is 0 Å². The highest BCUT2D eigenvalue weighted by Gasteiger charge is 2.09. The van der Waals surface area contributed by atoms with Gasteiger partial charge in [0.15, 0.2) is 5.78 Å². The summed E-state index contributed by atoms with van der Waals surface area (Å²) < 4.78 is 5.94. The largest absolute Gasteiger partial charge is 0.427 e. The van der Waals surface area contributed by atoms with Gasteiger partial charge >= 0.3 is 5.97 Å². The Labute approximate surface area is 124 Å². The summed E-state index contributed by atoms with van der Waals surface area (Å²) in [5.74, 6) is 0.0104. The maximum Gasteiger partial charge on any atom is 0.308 e. The van der Waals surface area contributed by atoms with Gasteiger partial charge in [-0.15, -0.1) is 0 Å². The van der Waals surface area contributed by atoms with E-state index in [1.54, 1.807) is 30.3 Å². The standard InChI is InChI=1S/C15H11IO3/c1-10(17)19-14-7-5-11(6-8-14)15(18)12-3-2-4-13(16)9-12/h2-9H,1H3. The number of hydrogen-bond donors (Lipinski definition) is 0. The lowest BCUT2D eigenvalue weighted by molar-refractivity contribution is -0.131.